The Labute approximate surface area is 106 Å². The van der Waals surface area contributed by atoms with E-state index in [4.69, 9.17) is 5.11 Å². The summed E-state index contributed by atoms with van der Waals surface area (Å²) in [4.78, 5) is 23.3. The summed E-state index contributed by atoms with van der Waals surface area (Å²) in [7, 11) is 0. The van der Waals surface area contributed by atoms with E-state index in [9.17, 15) is 22.8 Å². The van der Waals surface area contributed by atoms with E-state index in [2.05, 4.69) is 0 Å². The highest BCUT2D eigenvalue weighted by atomic mass is 19.1. The molecule has 2 rings (SSSR count). The minimum Gasteiger partial charge on any atom is -0.481 e. The zero-order valence-electron chi connectivity index (χ0n) is 9.70. The van der Waals surface area contributed by atoms with Gasteiger partial charge in [-0.1, -0.05) is 0 Å². The summed E-state index contributed by atoms with van der Waals surface area (Å²) in [5.41, 5.74) is -0.810. The normalized spacial score (nSPS) is 15.2. The fourth-order valence-corrected chi connectivity index (χ4v) is 2.02. The van der Waals surface area contributed by atoms with Crippen molar-refractivity contribution in [2.24, 2.45) is 5.92 Å². The Morgan fingerprint density at radius 3 is 2.21 bits per heavy atom. The van der Waals surface area contributed by atoms with Crippen molar-refractivity contribution in [1.82, 2.24) is 4.90 Å². The van der Waals surface area contributed by atoms with Gasteiger partial charge in [0, 0.05) is 31.1 Å². The number of carbonyl (C=O) groups is 2. The van der Waals surface area contributed by atoms with Crippen LogP contribution in [0.25, 0.3) is 0 Å². The quantitative estimate of drug-likeness (QED) is 0.911. The first-order valence-electron chi connectivity index (χ1n) is 5.54. The number of halogens is 3. The predicted octanol–water partition coefficient (Wildman–Crippen LogP) is 1.65. The van der Waals surface area contributed by atoms with Gasteiger partial charge in [0.05, 0.1) is 6.42 Å². The Hall–Kier alpha value is -2.05. The summed E-state index contributed by atoms with van der Waals surface area (Å²) in [5.74, 6) is -5.71. The van der Waals surface area contributed by atoms with Crippen molar-refractivity contribution in [1.29, 1.82) is 0 Å². The minimum atomic E-state index is -1.26. The van der Waals surface area contributed by atoms with Crippen LogP contribution in [-0.4, -0.2) is 35.0 Å². The molecule has 0 saturated carbocycles. The van der Waals surface area contributed by atoms with E-state index in [1.54, 1.807) is 0 Å². The van der Waals surface area contributed by atoms with Gasteiger partial charge in [-0.3, -0.25) is 9.59 Å². The number of aliphatic carboxylic acids is 1. The van der Waals surface area contributed by atoms with Crippen LogP contribution in [0.15, 0.2) is 12.1 Å². The lowest BCUT2D eigenvalue weighted by atomic mass is 9.95. The summed E-state index contributed by atoms with van der Waals surface area (Å²) < 4.78 is 39.4. The smallest absolute Gasteiger partial charge is 0.303 e. The Morgan fingerprint density at radius 1 is 1.21 bits per heavy atom. The topological polar surface area (TPSA) is 57.6 Å². The highest BCUT2D eigenvalue weighted by Crippen LogP contribution is 2.24. The van der Waals surface area contributed by atoms with Gasteiger partial charge in [0.2, 0.25) is 0 Å². The van der Waals surface area contributed by atoms with Gasteiger partial charge in [0.1, 0.15) is 23.0 Å². The molecule has 1 aliphatic rings. The van der Waals surface area contributed by atoms with Gasteiger partial charge in [-0.05, 0) is 0 Å². The summed E-state index contributed by atoms with van der Waals surface area (Å²) in [6, 6.07) is 0.871. The molecular formula is C12H10F3NO3. The maximum Gasteiger partial charge on any atom is 0.303 e. The molecule has 102 valence electrons. The molecule has 1 saturated heterocycles. The van der Waals surface area contributed by atoms with E-state index in [1.165, 1.54) is 0 Å². The average Bonchev–Trinajstić information content (AvgIpc) is 2.20. The van der Waals surface area contributed by atoms with Gasteiger partial charge in [-0.2, -0.15) is 0 Å². The summed E-state index contributed by atoms with van der Waals surface area (Å²) in [5, 5.41) is 8.54. The van der Waals surface area contributed by atoms with Crippen molar-refractivity contribution in [2.75, 3.05) is 13.1 Å². The number of hydrogen-bond donors (Lipinski definition) is 1. The van der Waals surface area contributed by atoms with Crippen LogP contribution in [0.2, 0.25) is 0 Å². The zero-order chi connectivity index (χ0) is 14.2. The second-order valence-electron chi connectivity index (χ2n) is 4.42. The number of rotatable bonds is 3. The number of carboxylic acid groups (broad SMARTS) is 1. The first kappa shape index (κ1) is 13.4. The van der Waals surface area contributed by atoms with Crippen LogP contribution in [-0.2, 0) is 4.79 Å². The van der Waals surface area contributed by atoms with E-state index in [0.29, 0.717) is 12.1 Å². The maximum atomic E-state index is 13.4. The lowest BCUT2D eigenvalue weighted by Gasteiger charge is -2.38. The third-order valence-electron chi connectivity index (χ3n) is 2.93. The molecule has 19 heavy (non-hydrogen) atoms. The van der Waals surface area contributed by atoms with Crippen molar-refractivity contribution < 1.29 is 27.9 Å². The van der Waals surface area contributed by atoms with Crippen LogP contribution >= 0.6 is 0 Å². The number of hydrogen-bond acceptors (Lipinski definition) is 2. The molecule has 1 fully saturated rings. The molecule has 7 heteroatoms. The molecule has 0 spiro atoms. The molecular weight excluding hydrogens is 263 g/mol. The molecule has 0 unspecified atom stereocenters. The highest BCUT2D eigenvalue weighted by molar-refractivity contribution is 5.95. The highest BCUT2D eigenvalue weighted by Gasteiger charge is 2.34. The number of benzene rings is 1. The second-order valence-corrected chi connectivity index (χ2v) is 4.42. The molecule has 4 nitrogen and oxygen atoms in total. The third kappa shape index (κ3) is 2.69. The van der Waals surface area contributed by atoms with Crippen molar-refractivity contribution in [2.45, 2.75) is 6.42 Å². The summed E-state index contributed by atoms with van der Waals surface area (Å²) >= 11 is 0. The fourth-order valence-electron chi connectivity index (χ4n) is 2.02. The van der Waals surface area contributed by atoms with Crippen LogP contribution in [0, 0.1) is 23.4 Å². The van der Waals surface area contributed by atoms with Gasteiger partial charge in [0.25, 0.3) is 5.91 Å². The predicted molar refractivity (Wildman–Crippen MR) is 58.0 cm³/mol. The zero-order valence-corrected chi connectivity index (χ0v) is 9.70. The molecule has 1 heterocycles. The van der Waals surface area contributed by atoms with Gasteiger partial charge >= 0.3 is 5.97 Å². The van der Waals surface area contributed by atoms with Gasteiger partial charge in [0.15, 0.2) is 0 Å². The standard InChI is InChI=1S/C12H10F3NO3/c13-7-2-8(14)11(9(15)3-7)12(19)16-4-6(5-16)1-10(17)18/h2-3,6H,1,4-5H2,(H,17,18). The SMILES string of the molecule is O=C(O)CC1CN(C(=O)c2c(F)cc(F)cc2F)C1. The molecule has 0 bridgehead atoms. The Bertz CT molecular complexity index is 518. The maximum absolute atomic E-state index is 13.4. The van der Waals surface area contributed by atoms with Crippen molar-refractivity contribution in [3.8, 4) is 0 Å². The van der Waals surface area contributed by atoms with Gasteiger partial charge < -0.3 is 10.0 Å². The molecule has 0 atom stereocenters. The molecule has 1 N–H and O–H groups in total. The van der Waals surface area contributed by atoms with Crippen molar-refractivity contribution >= 4 is 11.9 Å². The first-order chi connectivity index (χ1) is 8.88. The molecule has 1 aliphatic heterocycles. The molecule has 0 aromatic heterocycles. The van der Waals surface area contributed by atoms with Crippen molar-refractivity contribution in [3.63, 3.8) is 0 Å². The third-order valence-corrected chi connectivity index (χ3v) is 2.93. The Morgan fingerprint density at radius 2 is 1.74 bits per heavy atom. The number of amides is 1. The Kier molecular flexibility index (Phi) is 3.46. The summed E-state index contributed by atoms with van der Waals surface area (Å²) in [6.07, 6.45) is -0.0990. The van der Waals surface area contributed by atoms with E-state index in [-0.39, 0.29) is 25.4 Å². The van der Waals surface area contributed by atoms with E-state index >= 15 is 0 Å². The number of nitrogens with zero attached hydrogens (tertiary/aromatic N) is 1. The summed E-state index contributed by atoms with van der Waals surface area (Å²) in [6.45, 7) is 0.253. The largest absolute Gasteiger partial charge is 0.481 e. The molecule has 1 aromatic rings. The fraction of sp³-hybridized carbons (Fsp3) is 0.333. The molecule has 1 aromatic carbocycles. The van der Waals surface area contributed by atoms with Gasteiger partial charge in [-0.25, -0.2) is 13.2 Å². The van der Waals surface area contributed by atoms with Crippen LogP contribution in [0.3, 0.4) is 0 Å². The van der Waals surface area contributed by atoms with Crippen LogP contribution in [0.1, 0.15) is 16.8 Å². The van der Waals surface area contributed by atoms with Crippen LogP contribution in [0.5, 0.6) is 0 Å². The lowest BCUT2D eigenvalue weighted by Crippen LogP contribution is -2.51. The van der Waals surface area contributed by atoms with E-state index < -0.39 is 34.9 Å². The second kappa shape index (κ2) is 4.91. The van der Waals surface area contributed by atoms with E-state index in [0.717, 1.165) is 4.90 Å². The average molecular weight is 273 g/mol. The number of likely N-dealkylation sites (tertiary alicyclic amines) is 1. The minimum absolute atomic E-state index is 0.0990. The molecule has 0 aliphatic carbocycles. The van der Waals surface area contributed by atoms with Crippen LogP contribution < -0.4 is 0 Å². The Balaban J connectivity index is 2.08. The first-order valence-corrected chi connectivity index (χ1v) is 5.54. The van der Waals surface area contributed by atoms with Gasteiger partial charge in [-0.15, -0.1) is 0 Å². The number of carboxylic acids is 1. The molecule has 1 amide bonds. The molecule has 0 radical (unpaired) electrons. The van der Waals surface area contributed by atoms with Crippen LogP contribution in [0.4, 0.5) is 13.2 Å². The monoisotopic (exact) mass is 273 g/mol. The van der Waals surface area contributed by atoms with E-state index in [1.807, 2.05) is 0 Å². The van der Waals surface area contributed by atoms with Crippen molar-refractivity contribution in [3.05, 3.63) is 35.1 Å². The lowest BCUT2D eigenvalue weighted by molar-refractivity contribution is -0.139. The number of carbonyl (C=O) groups excluding carboxylic acids is 1.